The summed E-state index contributed by atoms with van der Waals surface area (Å²) >= 11 is 6.21. The molecule has 2 amide bonds. The Balaban J connectivity index is 2.06. The maximum Gasteiger partial charge on any atom is 0.264 e. The lowest BCUT2D eigenvalue weighted by Gasteiger charge is -2.33. The van der Waals surface area contributed by atoms with Crippen molar-refractivity contribution >= 4 is 39.1 Å². The number of rotatable bonds is 11. The van der Waals surface area contributed by atoms with E-state index in [1.807, 2.05) is 52.0 Å². The molecule has 0 saturated heterocycles. The van der Waals surface area contributed by atoms with Crippen LogP contribution in [0.5, 0.6) is 0 Å². The van der Waals surface area contributed by atoms with Crippen LogP contribution in [0.25, 0.3) is 0 Å². The van der Waals surface area contributed by atoms with Crippen LogP contribution < -0.4 is 9.62 Å². The molecule has 0 saturated carbocycles. The van der Waals surface area contributed by atoms with Crippen LogP contribution in [0.2, 0.25) is 5.02 Å². The van der Waals surface area contributed by atoms with Gasteiger partial charge in [0.1, 0.15) is 12.6 Å². The number of hydrogen-bond donors (Lipinski definition) is 1. The first-order valence-corrected chi connectivity index (χ1v) is 14.4. The number of carbonyl (C=O) groups excluding carboxylic acids is 2. The first kappa shape index (κ1) is 29.2. The monoisotopic (exact) mass is 555 g/mol. The molecule has 0 spiro atoms. The van der Waals surface area contributed by atoms with E-state index in [4.69, 9.17) is 11.6 Å². The lowest BCUT2D eigenvalue weighted by molar-refractivity contribution is -0.140. The highest BCUT2D eigenvalue weighted by Crippen LogP contribution is 2.27. The van der Waals surface area contributed by atoms with Gasteiger partial charge in [-0.3, -0.25) is 13.9 Å². The van der Waals surface area contributed by atoms with E-state index < -0.39 is 28.5 Å². The Hall–Kier alpha value is -3.36. The van der Waals surface area contributed by atoms with Crippen molar-refractivity contribution in [2.24, 2.45) is 0 Å². The van der Waals surface area contributed by atoms with Gasteiger partial charge in [0.25, 0.3) is 10.0 Å². The number of carbonyl (C=O) groups is 2. The molecule has 7 nitrogen and oxygen atoms in total. The zero-order valence-electron chi connectivity index (χ0n) is 22.1. The van der Waals surface area contributed by atoms with Gasteiger partial charge in [-0.25, -0.2) is 8.42 Å². The molecule has 1 N–H and O–H groups in total. The maximum atomic E-state index is 13.9. The van der Waals surface area contributed by atoms with E-state index in [0.29, 0.717) is 18.0 Å². The third-order valence-corrected chi connectivity index (χ3v) is 8.18. The van der Waals surface area contributed by atoms with Gasteiger partial charge in [0.05, 0.1) is 10.6 Å². The second-order valence-corrected chi connectivity index (χ2v) is 11.4. The molecule has 0 aliphatic carbocycles. The van der Waals surface area contributed by atoms with Gasteiger partial charge in [-0.1, -0.05) is 72.1 Å². The summed E-state index contributed by atoms with van der Waals surface area (Å²) in [5.41, 5.74) is 3.03. The largest absolute Gasteiger partial charge is 0.355 e. The summed E-state index contributed by atoms with van der Waals surface area (Å²) in [6.45, 7) is 7.52. The molecule has 0 radical (unpaired) electrons. The molecule has 0 unspecified atom stereocenters. The lowest BCUT2D eigenvalue weighted by Crippen LogP contribution is -2.52. The second kappa shape index (κ2) is 12.9. The highest BCUT2D eigenvalue weighted by Gasteiger charge is 2.33. The minimum absolute atomic E-state index is 0.0527. The van der Waals surface area contributed by atoms with Crippen LogP contribution in [-0.4, -0.2) is 44.3 Å². The second-order valence-electron chi connectivity index (χ2n) is 9.13. The van der Waals surface area contributed by atoms with E-state index in [-0.39, 0.29) is 23.0 Å². The van der Waals surface area contributed by atoms with E-state index in [1.165, 1.54) is 23.1 Å². The Bertz CT molecular complexity index is 1380. The Morgan fingerprint density at radius 2 is 1.61 bits per heavy atom. The molecule has 0 heterocycles. The number of sulfonamides is 1. The quantitative estimate of drug-likeness (QED) is 0.357. The summed E-state index contributed by atoms with van der Waals surface area (Å²) in [7, 11) is -4.13. The van der Waals surface area contributed by atoms with Crippen molar-refractivity contribution in [1.29, 1.82) is 0 Å². The zero-order chi connectivity index (χ0) is 27.9. The minimum Gasteiger partial charge on any atom is -0.355 e. The van der Waals surface area contributed by atoms with Gasteiger partial charge in [0.15, 0.2) is 0 Å². The molecule has 0 aliphatic rings. The van der Waals surface area contributed by atoms with E-state index >= 15 is 0 Å². The third-order valence-electron chi connectivity index (χ3n) is 6.16. The third kappa shape index (κ3) is 7.14. The summed E-state index contributed by atoms with van der Waals surface area (Å²) < 4.78 is 28.7. The molecule has 3 aromatic carbocycles. The van der Waals surface area contributed by atoms with Gasteiger partial charge in [0, 0.05) is 18.1 Å². The Morgan fingerprint density at radius 1 is 0.921 bits per heavy atom. The number of amides is 2. The molecular weight excluding hydrogens is 522 g/mol. The van der Waals surface area contributed by atoms with Crippen molar-refractivity contribution in [3.05, 3.63) is 94.5 Å². The highest BCUT2D eigenvalue weighted by molar-refractivity contribution is 7.92. The lowest BCUT2D eigenvalue weighted by atomic mass is 10.1. The Morgan fingerprint density at radius 3 is 2.21 bits per heavy atom. The fraction of sp³-hybridized carbons (Fsp3) is 0.310. The molecule has 0 fully saturated rings. The average molecular weight is 556 g/mol. The van der Waals surface area contributed by atoms with Gasteiger partial charge in [-0.05, 0) is 63.1 Å². The Kier molecular flexibility index (Phi) is 9.94. The van der Waals surface area contributed by atoms with Crippen molar-refractivity contribution in [2.75, 3.05) is 17.4 Å². The van der Waals surface area contributed by atoms with Crippen molar-refractivity contribution in [2.45, 2.75) is 51.6 Å². The van der Waals surface area contributed by atoms with Gasteiger partial charge >= 0.3 is 0 Å². The zero-order valence-corrected chi connectivity index (χ0v) is 23.7. The SMILES string of the molecule is CCNC(=O)[C@@H](CC)N(Cc1cccc(C)c1)C(=O)CN(c1cccc(Cl)c1)S(=O)(=O)c1ccc(C)cc1. The molecule has 0 aliphatic heterocycles. The Labute approximate surface area is 230 Å². The molecule has 0 bridgehead atoms. The van der Waals surface area contributed by atoms with Crippen molar-refractivity contribution in [3.8, 4) is 0 Å². The van der Waals surface area contributed by atoms with Gasteiger partial charge in [0.2, 0.25) is 11.8 Å². The number of anilines is 1. The average Bonchev–Trinajstić information content (AvgIpc) is 2.87. The summed E-state index contributed by atoms with van der Waals surface area (Å²) in [5, 5.41) is 3.14. The molecule has 202 valence electrons. The summed E-state index contributed by atoms with van der Waals surface area (Å²) in [6, 6.07) is 19.7. The van der Waals surface area contributed by atoms with Crippen LogP contribution in [0.4, 0.5) is 5.69 Å². The number of aryl methyl sites for hydroxylation is 2. The van der Waals surface area contributed by atoms with E-state index in [1.54, 1.807) is 30.3 Å². The summed E-state index contributed by atoms with van der Waals surface area (Å²) in [4.78, 5) is 28.4. The van der Waals surface area contributed by atoms with E-state index in [2.05, 4.69) is 5.32 Å². The topological polar surface area (TPSA) is 86.8 Å². The molecule has 0 aromatic heterocycles. The van der Waals surface area contributed by atoms with Crippen LogP contribution >= 0.6 is 11.6 Å². The fourth-order valence-electron chi connectivity index (χ4n) is 4.22. The van der Waals surface area contributed by atoms with Crippen LogP contribution in [-0.2, 0) is 26.2 Å². The molecule has 3 aromatic rings. The van der Waals surface area contributed by atoms with Crippen molar-refractivity contribution < 1.29 is 18.0 Å². The molecule has 9 heteroatoms. The molecule has 38 heavy (non-hydrogen) atoms. The van der Waals surface area contributed by atoms with Crippen LogP contribution in [0.3, 0.4) is 0 Å². The fourth-order valence-corrected chi connectivity index (χ4v) is 5.81. The number of likely N-dealkylation sites (N-methyl/N-ethyl adjacent to an activating group) is 1. The van der Waals surface area contributed by atoms with Crippen molar-refractivity contribution in [3.63, 3.8) is 0 Å². The van der Waals surface area contributed by atoms with Gasteiger partial charge < -0.3 is 10.2 Å². The summed E-state index contributed by atoms with van der Waals surface area (Å²) in [6.07, 6.45) is 0.366. The normalized spacial score (nSPS) is 12.0. The number of nitrogens with one attached hydrogen (secondary N) is 1. The first-order valence-electron chi connectivity index (χ1n) is 12.5. The highest BCUT2D eigenvalue weighted by atomic mass is 35.5. The predicted molar refractivity (Wildman–Crippen MR) is 152 cm³/mol. The number of benzene rings is 3. The first-order chi connectivity index (χ1) is 18.1. The number of nitrogens with zero attached hydrogens (tertiary/aromatic N) is 2. The predicted octanol–water partition coefficient (Wildman–Crippen LogP) is 5.10. The van der Waals surface area contributed by atoms with E-state index in [9.17, 15) is 18.0 Å². The molecular formula is C29H34ClN3O4S. The smallest absolute Gasteiger partial charge is 0.264 e. The van der Waals surface area contributed by atoms with Gasteiger partial charge in [-0.15, -0.1) is 0 Å². The van der Waals surface area contributed by atoms with Crippen LogP contribution in [0.1, 0.15) is 37.0 Å². The standard InChI is InChI=1S/C29H34ClN3O4S/c1-5-27(29(35)31-6-2)32(19-23-10-7-9-22(4)17-23)28(34)20-33(25-12-8-11-24(30)18-25)38(36,37)26-15-13-21(3)14-16-26/h7-18,27H,5-6,19-20H2,1-4H3,(H,31,35)/t27-/m1/s1. The minimum atomic E-state index is -4.13. The maximum absolute atomic E-state index is 13.9. The van der Waals surface area contributed by atoms with E-state index in [0.717, 1.165) is 21.0 Å². The van der Waals surface area contributed by atoms with Gasteiger partial charge in [-0.2, -0.15) is 0 Å². The van der Waals surface area contributed by atoms with Crippen molar-refractivity contribution in [1.82, 2.24) is 10.2 Å². The number of hydrogen-bond acceptors (Lipinski definition) is 4. The number of halogens is 1. The van der Waals surface area contributed by atoms with Crippen LogP contribution in [0.15, 0.2) is 77.7 Å². The molecule has 1 atom stereocenters. The molecule has 3 rings (SSSR count). The summed E-state index contributed by atoms with van der Waals surface area (Å²) in [5.74, 6) is -0.785. The van der Waals surface area contributed by atoms with Crippen LogP contribution in [0, 0.1) is 13.8 Å².